The smallest absolute Gasteiger partial charge is 0.310 e. The monoisotopic (exact) mass is 433 g/mol. The molecule has 5 nitrogen and oxygen atoms in total. The zero-order valence-corrected chi connectivity index (χ0v) is 18.1. The summed E-state index contributed by atoms with van der Waals surface area (Å²) in [5, 5.41) is 0. The van der Waals surface area contributed by atoms with Crippen LogP contribution in [0.4, 0.5) is 10.1 Å². The van der Waals surface area contributed by atoms with Crippen LogP contribution in [0.25, 0.3) is 0 Å². The summed E-state index contributed by atoms with van der Waals surface area (Å²) in [4.78, 5) is 26.1. The predicted molar refractivity (Wildman–Crippen MR) is 119 cm³/mol. The van der Waals surface area contributed by atoms with Crippen molar-refractivity contribution in [3.8, 4) is 5.75 Å². The zero-order chi connectivity index (χ0) is 22.7. The fourth-order valence-electron chi connectivity index (χ4n) is 3.83. The number of ether oxygens (including phenoxy) is 2. The van der Waals surface area contributed by atoms with Crippen LogP contribution >= 0.6 is 0 Å². The topological polar surface area (TPSA) is 55.8 Å². The van der Waals surface area contributed by atoms with Crippen molar-refractivity contribution < 1.29 is 23.5 Å². The lowest BCUT2D eigenvalue weighted by atomic mass is 10.1. The third-order valence-electron chi connectivity index (χ3n) is 5.36. The second-order valence-electron chi connectivity index (χ2n) is 7.72. The van der Waals surface area contributed by atoms with Crippen molar-refractivity contribution >= 4 is 17.6 Å². The first-order chi connectivity index (χ1) is 15.5. The van der Waals surface area contributed by atoms with Crippen LogP contribution in [0.15, 0.2) is 60.7 Å². The van der Waals surface area contributed by atoms with Gasteiger partial charge in [-0.05, 0) is 54.8 Å². The van der Waals surface area contributed by atoms with Crippen LogP contribution in [-0.4, -0.2) is 18.5 Å². The largest absolute Gasteiger partial charge is 0.489 e. The van der Waals surface area contributed by atoms with Crippen LogP contribution in [0.2, 0.25) is 0 Å². The van der Waals surface area contributed by atoms with E-state index in [2.05, 4.69) is 0 Å². The lowest BCUT2D eigenvalue weighted by Gasteiger charge is -2.17. The number of carbonyl (C=O) groups is 2. The van der Waals surface area contributed by atoms with Gasteiger partial charge in [-0.25, -0.2) is 4.39 Å². The molecule has 4 rings (SSSR count). The van der Waals surface area contributed by atoms with E-state index in [0.29, 0.717) is 17.9 Å². The van der Waals surface area contributed by atoms with Gasteiger partial charge in [0.1, 0.15) is 18.2 Å². The predicted octanol–water partition coefficient (Wildman–Crippen LogP) is 4.98. The highest BCUT2D eigenvalue weighted by molar-refractivity contribution is 6.10. The first-order valence-corrected chi connectivity index (χ1v) is 10.5. The number of nitrogens with zero attached hydrogens (tertiary/aromatic N) is 1. The standard InChI is InChI=1S/C26H24FNO4/c1-3-31-25(29)14-18-6-4-7-19(13-18)16-32-24-9-5-8-20-21(24)15-28(26(20)30)23-11-10-17(2)12-22(23)27/h4-13H,3,14-16H2,1-2H3. The van der Waals surface area contributed by atoms with Gasteiger partial charge in [0.15, 0.2) is 0 Å². The van der Waals surface area contributed by atoms with E-state index in [1.54, 1.807) is 38.1 Å². The molecule has 0 atom stereocenters. The van der Waals surface area contributed by atoms with Crippen molar-refractivity contribution in [2.24, 2.45) is 0 Å². The molecule has 0 saturated carbocycles. The van der Waals surface area contributed by atoms with Crippen molar-refractivity contribution in [1.82, 2.24) is 0 Å². The highest BCUT2D eigenvalue weighted by Crippen LogP contribution is 2.35. The fourth-order valence-corrected chi connectivity index (χ4v) is 3.83. The molecule has 1 amide bonds. The van der Waals surface area contributed by atoms with Crippen molar-refractivity contribution in [1.29, 1.82) is 0 Å². The molecule has 3 aromatic rings. The molecule has 32 heavy (non-hydrogen) atoms. The first kappa shape index (κ1) is 21.6. The number of rotatable bonds is 7. The molecule has 1 aliphatic heterocycles. The summed E-state index contributed by atoms with van der Waals surface area (Å²) in [7, 11) is 0. The average Bonchev–Trinajstić information content (AvgIpc) is 3.10. The molecule has 0 unspecified atom stereocenters. The van der Waals surface area contributed by atoms with Crippen molar-refractivity contribution in [3.63, 3.8) is 0 Å². The Bertz CT molecular complexity index is 1170. The average molecular weight is 433 g/mol. The second kappa shape index (κ2) is 9.22. The van der Waals surface area contributed by atoms with E-state index in [9.17, 15) is 14.0 Å². The molecular weight excluding hydrogens is 409 g/mol. The summed E-state index contributed by atoms with van der Waals surface area (Å²) >= 11 is 0. The van der Waals surface area contributed by atoms with Crippen LogP contribution in [-0.2, 0) is 29.1 Å². The van der Waals surface area contributed by atoms with Gasteiger partial charge in [0.05, 0.1) is 25.3 Å². The maximum Gasteiger partial charge on any atom is 0.310 e. The summed E-state index contributed by atoms with van der Waals surface area (Å²) in [6, 6.07) is 17.7. The van der Waals surface area contributed by atoms with Gasteiger partial charge in [-0.3, -0.25) is 9.59 Å². The number of anilines is 1. The lowest BCUT2D eigenvalue weighted by Crippen LogP contribution is -2.24. The number of halogens is 1. The van der Waals surface area contributed by atoms with Gasteiger partial charge >= 0.3 is 5.97 Å². The van der Waals surface area contributed by atoms with Gasteiger partial charge in [-0.1, -0.05) is 36.4 Å². The molecule has 0 bridgehead atoms. The molecule has 0 fully saturated rings. The number of esters is 1. The van der Waals surface area contributed by atoms with E-state index in [1.165, 1.54) is 11.0 Å². The molecule has 164 valence electrons. The Balaban J connectivity index is 1.50. The van der Waals surface area contributed by atoms with Crippen LogP contribution in [0.3, 0.4) is 0 Å². The number of hydrogen-bond donors (Lipinski definition) is 0. The fraction of sp³-hybridized carbons (Fsp3) is 0.231. The van der Waals surface area contributed by atoms with E-state index in [-0.39, 0.29) is 37.1 Å². The van der Waals surface area contributed by atoms with Crippen LogP contribution in [0.1, 0.15) is 39.5 Å². The zero-order valence-electron chi connectivity index (χ0n) is 18.1. The summed E-state index contributed by atoms with van der Waals surface area (Å²) < 4.78 is 25.5. The number of aryl methyl sites for hydroxylation is 1. The number of hydrogen-bond acceptors (Lipinski definition) is 4. The minimum absolute atomic E-state index is 0.202. The molecule has 0 aromatic heterocycles. The highest BCUT2D eigenvalue weighted by Gasteiger charge is 2.32. The maximum absolute atomic E-state index is 14.5. The molecular formula is C26H24FNO4. The van der Waals surface area contributed by atoms with Crippen molar-refractivity contribution in [2.75, 3.05) is 11.5 Å². The van der Waals surface area contributed by atoms with E-state index in [0.717, 1.165) is 22.3 Å². The highest BCUT2D eigenvalue weighted by atomic mass is 19.1. The van der Waals surface area contributed by atoms with Crippen LogP contribution in [0, 0.1) is 12.7 Å². The minimum atomic E-state index is -0.424. The van der Waals surface area contributed by atoms with Crippen LogP contribution in [0.5, 0.6) is 5.75 Å². The van der Waals surface area contributed by atoms with Gasteiger partial charge in [0.25, 0.3) is 5.91 Å². The quantitative estimate of drug-likeness (QED) is 0.493. The molecule has 0 aliphatic carbocycles. The maximum atomic E-state index is 14.5. The molecule has 6 heteroatoms. The summed E-state index contributed by atoms with van der Waals surface area (Å²) in [5.74, 6) is -0.355. The number of benzene rings is 3. The normalized spacial score (nSPS) is 12.6. The van der Waals surface area contributed by atoms with Gasteiger partial charge in [-0.2, -0.15) is 0 Å². The van der Waals surface area contributed by atoms with E-state index in [1.807, 2.05) is 30.3 Å². The Labute approximate surface area is 186 Å². The Hall–Kier alpha value is -3.67. The Morgan fingerprint density at radius 1 is 1.06 bits per heavy atom. The molecule has 0 spiro atoms. The van der Waals surface area contributed by atoms with E-state index in [4.69, 9.17) is 9.47 Å². The molecule has 1 aliphatic rings. The van der Waals surface area contributed by atoms with Gasteiger partial charge < -0.3 is 14.4 Å². The molecule has 0 saturated heterocycles. The summed E-state index contributed by atoms with van der Waals surface area (Å²) in [6.45, 7) is 4.46. The Kier molecular flexibility index (Phi) is 6.21. The molecule has 0 radical (unpaired) electrons. The number of fused-ring (bicyclic) bond motifs is 1. The van der Waals surface area contributed by atoms with E-state index < -0.39 is 5.82 Å². The number of carbonyl (C=O) groups excluding carboxylic acids is 2. The third-order valence-corrected chi connectivity index (χ3v) is 5.36. The Morgan fingerprint density at radius 3 is 2.62 bits per heavy atom. The van der Waals surface area contributed by atoms with Crippen LogP contribution < -0.4 is 9.64 Å². The van der Waals surface area contributed by atoms with Gasteiger partial charge in [0, 0.05) is 11.1 Å². The molecule has 0 N–H and O–H groups in total. The van der Waals surface area contributed by atoms with Crippen molar-refractivity contribution in [3.05, 3.63) is 94.3 Å². The third kappa shape index (κ3) is 4.49. The molecule has 3 aromatic carbocycles. The summed E-state index contributed by atoms with van der Waals surface area (Å²) in [5.41, 5.74) is 4.05. The lowest BCUT2D eigenvalue weighted by molar-refractivity contribution is -0.142. The molecule has 1 heterocycles. The second-order valence-corrected chi connectivity index (χ2v) is 7.72. The Morgan fingerprint density at radius 2 is 1.84 bits per heavy atom. The van der Waals surface area contributed by atoms with Gasteiger partial charge in [0.2, 0.25) is 0 Å². The SMILES string of the molecule is CCOC(=O)Cc1cccc(COc2cccc3c2CN(c2ccc(C)cc2F)C3=O)c1. The van der Waals surface area contributed by atoms with Crippen molar-refractivity contribution in [2.45, 2.75) is 33.4 Å². The summed E-state index contributed by atoms with van der Waals surface area (Å²) in [6.07, 6.45) is 0.202. The van der Waals surface area contributed by atoms with E-state index >= 15 is 0 Å². The first-order valence-electron chi connectivity index (χ1n) is 10.5. The van der Waals surface area contributed by atoms with Gasteiger partial charge in [-0.15, -0.1) is 0 Å². The number of amides is 1. The minimum Gasteiger partial charge on any atom is -0.489 e.